The topological polar surface area (TPSA) is 126 Å². The Balaban J connectivity index is 1.33. The highest BCUT2D eigenvalue weighted by atomic mass is 35.5. The van der Waals surface area contributed by atoms with Crippen LogP contribution in [-0.2, 0) is 16.2 Å². The zero-order chi connectivity index (χ0) is 25.8. The number of nitrogens with zero attached hydrogens (tertiary/aromatic N) is 3. The Bertz CT molecular complexity index is 1170. The van der Waals surface area contributed by atoms with Gasteiger partial charge in [-0.1, -0.05) is 22.8 Å². The Morgan fingerprint density at radius 2 is 1.97 bits per heavy atom. The number of nitrogens with one attached hydrogen (secondary N) is 2. The molecule has 36 heavy (non-hydrogen) atoms. The van der Waals surface area contributed by atoms with Gasteiger partial charge in [0, 0.05) is 19.0 Å². The predicted molar refractivity (Wildman–Crippen MR) is 131 cm³/mol. The molecule has 1 saturated carbocycles. The summed E-state index contributed by atoms with van der Waals surface area (Å²) in [5.41, 5.74) is 2.07. The highest BCUT2D eigenvalue weighted by molar-refractivity contribution is 6.30. The molecule has 0 saturated heterocycles. The highest BCUT2D eigenvalue weighted by Crippen LogP contribution is 2.33. The van der Waals surface area contributed by atoms with E-state index in [4.69, 9.17) is 16.4 Å². The second-order valence-electron chi connectivity index (χ2n) is 9.30. The van der Waals surface area contributed by atoms with Gasteiger partial charge in [0.25, 0.3) is 5.91 Å². The molecular formula is C25H29ClFN5O4. The zero-order valence-electron chi connectivity index (χ0n) is 20.1. The van der Waals surface area contributed by atoms with Gasteiger partial charge in [-0.25, -0.2) is 14.4 Å². The van der Waals surface area contributed by atoms with E-state index in [9.17, 15) is 19.1 Å². The van der Waals surface area contributed by atoms with Gasteiger partial charge in [0.2, 0.25) is 5.91 Å². The van der Waals surface area contributed by atoms with Crippen molar-refractivity contribution in [1.82, 2.24) is 20.6 Å². The lowest BCUT2D eigenvalue weighted by atomic mass is 9.81. The third-order valence-corrected chi connectivity index (χ3v) is 6.81. The third kappa shape index (κ3) is 6.36. The van der Waals surface area contributed by atoms with Crippen LogP contribution in [0.25, 0.3) is 0 Å². The number of aliphatic hydroxyl groups excluding tert-OH is 1. The van der Waals surface area contributed by atoms with Crippen molar-refractivity contribution in [3.63, 3.8) is 0 Å². The number of hydrogen-bond donors (Lipinski definition) is 3. The predicted octanol–water partition coefficient (Wildman–Crippen LogP) is 3.06. The molecule has 2 heterocycles. The summed E-state index contributed by atoms with van der Waals surface area (Å²) < 4.78 is 13.4. The van der Waals surface area contributed by atoms with Crippen molar-refractivity contribution in [1.29, 1.82) is 0 Å². The van der Waals surface area contributed by atoms with Gasteiger partial charge >= 0.3 is 0 Å². The monoisotopic (exact) mass is 517 g/mol. The van der Waals surface area contributed by atoms with Crippen LogP contribution in [0, 0.1) is 18.7 Å². The van der Waals surface area contributed by atoms with Gasteiger partial charge in [-0.05, 0) is 69.2 Å². The smallest absolute Gasteiger partial charge is 0.270 e. The van der Waals surface area contributed by atoms with E-state index in [2.05, 4.69) is 25.8 Å². The van der Waals surface area contributed by atoms with Gasteiger partial charge < -0.3 is 20.6 Å². The normalized spacial score (nSPS) is 22.4. The number of carbonyl (C=O) groups is 2. The number of benzene rings is 1. The average Bonchev–Trinajstić information content (AvgIpc) is 3.35. The van der Waals surface area contributed by atoms with Crippen LogP contribution in [-0.4, -0.2) is 50.9 Å². The van der Waals surface area contributed by atoms with Gasteiger partial charge in [0.1, 0.15) is 35.3 Å². The molecule has 3 N–H and O–H groups in total. The van der Waals surface area contributed by atoms with E-state index >= 15 is 0 Å². The lowest BCUT2D eigenvalue weighted by molar-refractivity contribution is -0.129. The van der Waals surface area contributed by atoms with E-state index in [1.807, 2.05) is 0 Å². The summed E-state index contributed by atoms with van der Waals surface area (Å²) in [5.74, 6) is -0.531. The van der Waals surface area contributed by atoms with Crippen molar-refractivity contribution in [2.75, 3.05) is 0 Å². The summed E-state index contributed by atoms with van der Waals surface area (Å²) >= 11 is 5.81. The molecule has 9 nitrogen and oxygen atoms in total. The fraction of sp³-hybridized carbons (Fsp3) is 0.480. The highest BCUT2D eigenvalue weighted by Gasteiger charge is 2.34. The van der Waals surface area contributed by atoms with Crippen molar-refractivity contribution in [3.8, 4) is 0 Å². The molecule has 0 spiro atoms. The SMILES string of the molecule is Cc1nc(C(=O)NCc2ccc(F)c(Cl)c2)cc(C2=NO[C@H](C3CCC(NC(=O)[C@H](C)O)CC3)C2)n1. The number of amides is 2. The van der Waals surface area contributed by atoms with Gasteiger partial charge in [-0.15, -0.1) is 0 Å². The van der Waals surface area contributed by atoms with E-state index in [0.29, 0.717) is 35.1 Å². The molecule has 192 valence electrons. The second-order valence-corrected chi connectivity index (χ2v) is 9.71. The number of oxime groups is 1. The molecule has 11 heteroatoms. The third-order valence-electron chi connectivity index (χ3n) is 6.52. The minimum absolute atomic E-state index is 0.00582. The van der Waals surface area contributed by atoms with E-state index in [1.165, 1.54) is 19.1 Å². The van der Waals surface area contributed by atoms with E-state index in [0.717, 1.165) is 25.7 Å². The molecule has 0 bridgehead atoms. The van der Waals surface area contributed by atoms with Crippen LogP contribution in [0.5, 0.6) is 0 Å². The average molecular weight is 518 g/mol. The number of hydrogen-bond acceptors (Lipinski definition) is 7. The second kappa shape index (κ2) is 11.3. The molecule has 1 aliphatic heterocycles. The first-order valence-corrected chi connectivity index (χ1v) is 12.4. The number of aliphatic hydroxyl groups is 1. The first-order chi connectivity index (χ1) is 17.2. The van der Waals surface area contributed by atoms with Crippen molar-refractivity contribution in [2.45, 2.75) is 70.7 Å². The van der Waals surface area contributed by atoms with Crippen LogP contribution in [0.15, 0.2) is 29.4 Å². The van der Waals surface area contributed by atoms with E-state index < -0.39 is 17.8 Å². The summed E-state index contributed by atoms with van der Waals surface area (Å²) in [5, 5.41) is 19.3. The minimum Gasteiger partial charge on any atom is -0.391 e. The number of aryl methyl sites for hydroxylation is 1. The molecule has 2 amide bonds. The number of halogens is 2. The van der Waals surface area contributed by atoms with Crippen LogP contribution in [0.1, 0.15) is 66.6 Å². The number of carbonyl (C=O) groups excluding carboxylic acids is 2. The van der Waals surface area contributed by atoms with Crippen LogP contribution in [0.3, 0.4) is 0 Å². The maximum atomic E-state index is 13.4. The molecule has 2 atom stereocenters. The summed E-state index contributed by atoms with van der Waals surface area (Å²) in [7, 11) is 0. The van der Waals surface area contributed by atoms with E-state index in [-0.39, 0.29) is 35.3 Å². The Kier molecular flexibility index (Phi) is 8.15. The van der Waals surface area contributed by atoms with Crippen LogP contribution >= 0.6 is 11.6 Å². The molecule has 1 aromatic carbocycles. The lowest BCUT2D eigenvalue weighted by Crippen LogP contribution is -2.43. The Labute approximate surface area is 213 Å². The summed E-state index contributed by atoms with van der Waals surface area (Å²) in [6.45, 7) is 3.33. The fourth-order valence-corrected chi connectivity index (χ4v) is 4.72. The zero-order valence-corrected chi connectivity index (χ0v) is 20.9. The van der Waals surface area contributed by atoms with Crippen LogP contribution < -0.4 is 10.6 Å². The van der Waals surface area contributed by atoms with Gasteiger partial charge in [-0.3, -0.25) is 9.59 Å². The largest absolute Gasteiger partial charge is 0.391 e. The van der Waals surface area contributed by atoms with E-state index in [1.54, 1.807) is 19.1 Å². The standard InChI is InChI=1S/C25H29ClFN5O4/c1-13(33)24(34)31-17-6-4-16(5-7-17)23-11-21(32-36-23)20-10-22(30-14(2)29-20)25(35)28-12-15-3-8-19(27)18(26)9-15/h3,8-10,13,16-17,23,33H,4-7,11-12H2,1-2H3,(H,28,35)(H,31,34)/t13-,16?,17?,23-/m0/s1. The minimum atomic E-state index is -1.01. The Hall–Kier alpha value is -3.11. The molecule has 2 aromatic rings. The van der Waals surface area contributed by atoms with Crippen molar-refractivity contribution in [2.24, 2.45) is 11.1 Å². The van der Waals surface area contributed by atoms with Crippen LogP contribution in [0.4, 0.5) is 4.39 Å². The molecule has 2 aliphatic rings. The fourth-order valence-electron chi connectivity index (χ4n) is 4.51. The molecular weight excluding hydrogens is 489 g/mol. The van der Waals surface area contributed by atoms with Gasteiger partial charge in [-0.2, -0.15) is 0 Å². The summed E-state index contributed by atoms with van der Waals surface area (Å²) in [6, 6.07) is 5.92. The number of aromatic nitrogens is 2. The summed E-state index contributed by atoms with van der Waals surface area (Å²) in [6.07, 6.45) is 2.85. The maximum Gasteiger partial charge on any atom is 0.270 e. The quantitative estimate of drug-likeness (QED) is 0.518. The van der Waals surface area contributed by atoms with Gasteiger partial charge in [0.15, 0.2) is 0 Å². The molecule has 0 radical (unpaired) electrons. The Morgan fingerprint density at radius 3 is 2.67 bits per heavy atom. The first-order valence-electron chi connectivity index (χ1n) is 12.0. The van der Waals surface area contributed by atoms with Crippen LogP contribution in [0.2, 0.25) is 5.02 Å². The molecule has 1 aromatic heterocycles. The molecule has 1 aliphatic carbocycles. The molecule has 4 rings (SSSR count). The summed E-state index contributed by atoms with van der Waals surface area (Å²) in [4.78, 5) is 38.9. The van der Waals surface area contributed by atoms with Crippen molar-refractivity contribution >= 4 is 29.1 Å². The molecule has 0 unspecified atom stereocenters. The maximum absolute atomic E-state index is 13.4. The molecule has 1 fully saturated rings. The lowest BCUT2D eigenvalue weighted by Gasteiger charge is -2.31. The van der Waals surface area contributed by atoms with Crippen molar-refractivity contribution in [3.05, 3.63) is 57.9 Å². The first kappa shape index (κ1) is 26.0. The van der Waals surface area contributed by atoms with Gasteiger partial charge in [0.05, 0.1) is 10.7 Å². The van der Waals surface area contributed by atoms with Crippen molar-refractivity contribution < 1.29 is 23.9 Å². The Morgan fingerprint density at radius 1 is 1.22 bits per heavy atom. The number of rotatable bonds is 7.